The second-order valence-corrected chi connectivity index (χ2v) is 5.05. The average molecular weight is 369 g/mol. The van der Waals surface area contributed by atoms with E-state index in [1.54, 1.807) is 7.11 Å². The van der Waals surface area contributed by atoms with Gasteiger partial charge in [-0.3, -0.25) is 4.79 Å². The second-order valence-electron chi connectivity index (χ2n) is 4.19. The van der Waals surface area contributed by atoms with Crippen molar-refractivity contribution in [2.24, 2.45) is 0 Å². The summed E-state index contributed by atoms with van der Waals surface area (Å²) in [6.45, 7) is 2.02. The minimum Gasteiger partial charge on any atom is -0.383 e. The Labute approximate surface area is 129 Å². The van der Waals surface area contributed by atoms with E-state index in [0.29, 0.717) is 26.2 Å². The standard InChI is InChI=1S/C13H16BrF3N2O2/c1-21-7-6-18-4-5-19-12(20)9-2-3-11(14)10(8-9)13(15,16)17/h2-3,8,18H,4-7H2,1H3,(H,19,20). The van der Waals surface area contributed by atoms with Crippen LogP contribution in [-0.4, -0.2) is 39.3 Å². The van der Waals surface area contributed by atoms with E-state index < -0.39 is 17.6 Å². The van der Waals surface area contributed by atoms with Crippen molar-refractivity contribution < 1.29 is 22.7 Å². The Kier molecular flexibility index (Phi) is 7.13. The molecule has 0 aliphatic carbocycles. The van der Waals surface area contributed by atoms with E-state index in [2.05, 4.69) is 26.6 Å². The van der Waals surface area contributed by atoms with Crippen LogP contribution in [0.15, 0.2) is 22.7 Å². The van der Waals surface area contributed by atoms with Crippen molar-refractivity contribution in [2.75, 3.05) is 33.4 Å². The number of hydrogen-bond acceptors (Lipinski definition) is 3. The highest BCUT2D eigenvalue weighted by molar-refractivity contribution is 9.10. The Morgan fingerprint density at radius 1 is 1.29 bits per heavy atom. The molecule has 0 heterocycles. The second kappa shape index (κ2) is 8.35. The number of methoxy groups -OCH3 is 1. The molecule has 1 aromatic rings. The summed E-state index contributed by atoms with van der Waals surface area (Å²) in [4.78, 5) is 11.8. The molecule has 118 valence electrons. The van der Waals surface area contributed by atoms with Gasteiger partial charge in [-0.2, -0.15) is 13.2 Å². The molecule has 1 aromatic carbocycles. The predicted molar refractivity (Wildman–Crippen MR) is 76.2 cm³/mol. The number of amides is 1. The molecule has 2 N–H and O–H groups in total. The molecule has 0 aliphatic heterocycles. The van der Waals surface area contributed by atoms with Gasteiger partial charge in [0.25, 0.3) is 5.91 Å². The van der Waals surface area contributed by atoms with E-state index in [1.165, 1.54) is 12.1 Å². The van der Waals surface area contributed by atoms with Gasteiger partial charge in [-0.1, -0.05) is 15.9 Å². The Hall–Kier alpha value is -1.12. The summed E-state index contributed by atoms with van der Waals surface area (Å²) in [7, 11) is 1.58. The lowest BCUT2D eigenvalue weighted by Crippen LogP contribution is -2.33. The van der Waals surface area contributed by atoms with E-state index >= 15 is 0 Å². The molecule has 1 amide bonds. The molecule has 0 saturated heterocycles. The smallest absolute Gasteiger partial charge is 0.383 e. The molecule has 0 spiro atoms. The van der Waals surface area contributed by atoms with Crippen LogP contribution >= 0.6 is 15.9 Å². The van der Waals surface area contributed by atoms with E-state index in [4.69, 9.17) is 4.74 Å². The number of hydrogen-bond donors (Lipinski definition) is 2. The van der Waals surface area contributed by atoms with Crippen molar-refractivity contribution in [1.29, 1.82) is 0 Å². The van der Waals surface area contributed by atoms with Gasteiger partial charge in [-0.05, 0) is 18.2 Å². The summed E-state index contributed by atoms with van der Waals surface area (Å²) in [5, 5.41) is 5.56. The topological polar surface area (TPSA) is 50.4 Å². The summed E-state index contributed by atoms with van der Waals surface area (Å²) >= 11 is 2.83. The SMILES string of the molecule is COCCNCCNC(=O)c1ccc(Br)c(C(F)(F)F)c1. The van der Waals surface area contributed by atoms with E-state index in [1.807, 2.05) is 0 Å². The number of rotatable bonds is 7. The Morgan fingerprint density at radius 3 is 2.62 bits per heavy atom. The van der Waals surface area contributed by atoms with Crippen LogP contribution in [0.1, 0.15) is 15.9 Å². The van der Waals surface area contributed by atoms with Crippen LogP contribution in [0.2, 0.25) is 0 Å². The molecule has 0 bridgehead atoms. The molecule has 0 saturated carbocycles. The zero-order chi connectivity index (χ0) is 15.9. The van der Waals surface area contributed by atoms with Crippen LogP contribution in [-0.2, 0) is 10.9 Å². The molecule has 0 aromatic heterocycles. The van der Waals surface area contributed by atoms with Gasteiger partial charge < -0.3 is 15.4 Å². The van der Waals surface area contributed by atoms with Gasteiger partial charge in [-0.15, -0.1) is 0 Å². The third-order valence-electron chi connectivity index (χ3n) is 2.60. The zero-order valence-electron chi connectivity index (χ0n) is 11.4. The van der Waals surface area contributed by atoms with Crippen LogP contribution in [0.4, 0.5) is 13.2 Å². The highest BCUT2D eigenvalue weighted by Gasteiger charge is 2.33. The van der Waals surface area contributed by atoms with Gasteiger partial charge in [0.2, 0.25) is 0 Å². The molecule has 0 unspecified atom stereocenters. The molecule has 8 heteroatoms. The number of nitrogens with one attached hydrogen (secondary N) is 2. The largest absolute Gasteiger partial charge is 0.417 e. The first-order valence-electron chi connectivity index (χ1n) is 6.21. The maximum Gasteiger partial charge on any atom is 0.417 e. The third kappa shape index (κ3) is 6.03. The molecule has 0 atom stereocenters. The monoisotopic (exact) mass is 368 g/mol. The molecule has 0 fully saturated rings. The third-order valence-corrected chi connectivity index (χ3v) is 3.30. The van der Waals surface area contributed by atoms with Gasteiger partial charge >= 0.3 is 6.18 Å². The summed E-state index contributed by atoms with van der Waals surface area (Å²) < 4.78 is 42.9. The maximum atomic E-state index is 12.7. The minimum atomic E-state index is -4.50. The van der Waals surface area contributed by atoms with Gasteiger partial charge in [0.1, 0.15) is 0 Å². The fourth-order valence-electron chi connectivity index (χ4n) is 1.55. The number of halogens is 4. The molecule has 0 aliphatic rings. The van der Waals surface area contributed by atoms with Crippen LogP contribution < -0.4 is 10.6 Å². The quantitative estimate of drug-likeness (QED) is 0.726. The van der Waals surface area contributed by atoms with Crippen LogP contribution in [0, 0.1) is 0 Å². The minimum absolute atomic E-state index is 0.0255. The van der Waals surface area contributed by atoms with Gasteiger partial charge in [-0.25, -0.2) is 0 Å². The van der Waals surface area contributed by atoms with Crippen molar-refractivity contribution >= 4 is 21.8 Å². The summed E-state index contributed by atoms with van der Waals surface area (Å²) in [6, 6.07) is 3.39. The molecule has 1 rings (SSSR count). The Balaban J connectivity index is 2.55. The normalized spacial score (nSPS) is 11.5. The zero-order valence-corrected chi connectivity index (χ0v) is 13.0. The van der Waals surface area contributed by atoms with Crippen LogP contribution in [0.5, 0.6) is 0 Å². The molecular weight excluding hydrogens is 353 g/mol. The first-order chi connectivity index (χ1) is 9.86. The van der Waals surface area contributed by atoms with E-state index in [-0.39, 0.29) is 10.0 Å². The van der Waals surface area contributed by atoms with Crippen molar-refractivity contribution in [1.82, 2.24) is 10.6 Å². The Bertz CT molecular complexity index is 481. The average Bonchev–Trinajstić information content (AvgIpc) is 2.41. The number of alkyl halides is 3. The van der Waals surface area contributed by atoms with Gasteiger partial charge in [0.15, 0.2) is 0 Å². The lowest BCUT2D eigenvalue weighted by molar-refractivity contribution is -0.138. The lowest BCUT2D eigenvalue weighted by atomic mass is 10.1. The van der Waals surface area contributed by atoms with Crippen molar-refractivity contribution in [3.63, 3.8) is 0 Å². The molecule has 21 heavy (non-hydrogen) atoms. The van der Waals surface area contributed by atoms with E-state index in [0.717, 1.165) is 6.07 Å². The summed E-state index contributed by atoms with van der Waals surface area (Å²) in [5.74, 6) is -0.540. The number of carbonyl (C=O) groups is 1. The van der Waals surface area contributed by atoms with E-state index in [9.17, 15) is 18.0 Å². The summed E-state index contributed by atoms with van der Waals surface area (Å²) in [5.41, 5.74) is -0.893. The van der Waals surface area contributed by atoms with Crippen LogP contribution in [0.25, 0.3) is 0 Å². The van der Waals surface area contributed by atoms with Crippen molar-refractivity contribution in [2.45, 2.75) is 6.18 Å². The molecule has 4 nitrogen and oxygen atoms in total. The van der Waals surface area contributed by atoms with Gasteiger partial charge in [0, 0.05) is 36.8 Å². The maximum absolute atomic E-state index is 12.7. The van der Waals surface area contributed by atoms with Crippen LogP contribution in [0.3, 0.4) is 0 Å². The molecule has 0 radical (unpaired) electrons. The first kappa shape index (κ1) is 17.9. The predicted octanol–water partition coefficient (Wildman–Crippen LogP) is 2.43. The van der Waals surface area contributed by atoms with Gasteiger partial charge in [0.05, 0.1) is 12.2 Å². The number of ether oxygens (including phenoxy) is 1. The summed E-state index contributed by atoms with van der Waals surface area (Å²) in [6.07, 6.45) is -4.50. The lowest BCUT2D eigenvalue weighted by Gasteiger charge is -2.11. The highest BCUT2D eigenvalue weighted by Crippen LogP contribution is 2.35. The highest BCUT2D eigenvalue weighted by atomic mass is 79.9. The number of carbonyl (C=O) groups excluding carboxylic acids is 1. The number of benzene rings is 1. The van der Waals surface area contributed by atoms with Crippen molar-refractivity contribution in [3.8, 4) is 0 Å². The fourth-order valence-corrected chi connectivity index (χ4v) is 2.02. The first-order valence-corrected chi connectivity index (χ1v) is 7.00. The fraction of sp³-hybridized carbons (Fsp3) is 0.462. The van der Waals surface area contributed by atoms with Crippen molar-refractivity contribution in [3.05, 3.63) is 33.8 Å². The molecular formula is C13H16BrF3N2O2. The Morgan fingerprint density at radius 2 is 2.00 bits per heavy atom.